The molecule has 3 aromatic rings. The van der Waals surface area contributed by atoms with Crippen molar-refractivity contribution in [3.8, 4) is 0 Å². The molecule has 3 aromatic carbocycles. The molecule has 0 heterocycles. The lowest BCUT2D eigenvalue weighted by molar-refractivity contribution is 0.0956. The maximum Gasteiger partial charge on any atom is 0.251 e. The third-order valence-corrected chi connectivity index (χ3v) is 7.12. The molecule has 1 N–H and O–H groups in total. The summed E-state index contributed by atoms with van der Waals surface area (Å²) in [6.07, 6.45) is 1.18. The van der Waals surface area contributed by atoms with Gasteiger partial charge in [0.1, 0.15) is 0 Å². The Morgan fingerprint density at radius 3 is 2.22 bits per heavy atom. The van der Waals surface area contributed by atoms with Crippen LogP contribution in [0.1, 0.15) is 21.5 Å². The average molecular weight is 489 g/mol. The Hall–Kier alpha value is -2.48. The van der Waals surface area contributed by atoms with Crippen LogP contribution in [0.15, 0.2) is 78.9 Å². The maximum absolute atomic E-state index is 12.4. The Bertz CT molecular complexity index is 1120. The van der Waals surface area contributed by atoms with Gasteiger partial charge in [0.2, 0.25) is 10.0 Å². The maximum atomic E-state index is 12.4. The number of sulfonamides is 1. The van der Waals surface area contributed by atoms with Gasteiger partial charge < -0.3 is 5.32 Å². The van der Waals surface area contributed by atoms with E-state index < -0.39 is 10.0 Å². The van der Waals surface area contributed by atoms with E-state index in [2.05, 4.69) is 5.32 Å². The highest BCUT2D eigenvalue weighted by Crippen LogP contribution is 2.21. The SMILES string of the molecule is CS(=O)(=O)N(Cc1ccccc1)c1ccc(C(=O)NCCSCc2ccc(Cl)cc2)cc1. The van der Waals surface area contributed by atoms with Gasteiger partial charge in [0.05, 0.1) is 18.5 Å². The van der Waals surface area contributed by atoms with Gasteiger partial charge in [-0.2, -0.15) is 11.8 Å². The molecule has 0 aliphatic heterocycles. The minimum Gasteiger partial charge on any atom is -0.351 e. The van der Waals surface area contributed by atoms with Crippen LogP contribution in [0.4, 0.5) is 5.69 Å². The van der Waals surface area contributed by atoms with Crippen molar-refractivity contribution >= 4 is 45.0 Å². The zero-order valence-corrected chi connectivity index (χ0v) is 20.1. The molecule has 0 saturated heterocycles. The van der Waals surface area contributed by atoms with Crippen LogP contribution in [-0.2, 0) is 22.3 Å². The van der Waals surface area contributed by atoms with Gasteiger partial charge >= 0.3 is 0 Å². The molecule has 0 fully saturated rings. The fourth-order valence-corrected chi connectivity index (χ4v) is 4.87. The molecule has 0 unspecified atom stereocenters. The second kappa shape index (κ2) is 11.4. The average Bonchev–Trinajstić information content (AvgIpc) is 2.78. The number of rotatable bonds is 10. The summed E-state index contributed by atoms with van der Waals surface area (Å²) in [6, 6.07) is 23.7. The lowest BCUT2D eigenvalue weighted by atomic mass is 10.2. The smallest absolute Gasteiger partial charge is 0.251 e. The van der Waals surface area contributed by atoms with E-state index in [1.54, 1.807) is 36.0 Å². The number of carbonyl (C=O) groups excluding carboxylic acids is 1. The first-order valence-corrected chi connectivity index (χ1v) is 13.4. The highest BCUT2D eigenvalue weighted by atomic mass is 35.5. The van der Waals surface area contributed by atoms with Crippen molar-refractivity contribution in [2.24, 2.45) is 0 Å². The lowest BCUT2D eigenvalue weighted by Gasteiger charge is -2.22. The number of thioether (sulfide) groups is 1. The monoisotopic (exact) mass is 488 g/mol. The molecule has 0 saturated carbocycles. The van der Waals surface area contributed by atoms with Gasteiger partial charge in [-0.15, -0.1) is 0 Å². The quantitative estimate of drug-likeness (QED) is 0.409. The third-order valence-electron chi connectivity index (χ3n) is 4.70. The molecule has 8 heteroatoms. The van der Waals surface area contributed by atoms with Crippen molar-refractivity contribution in [3.63, 3.8) is 0 Å². The van der Waals surface area contributed by atoms with Crippen molar-refractivity contribution in [3.05, 3.63) is 101 Å². The van der Waals surface area contributed by atoms with Crippen LogP contribution < -0.4 is 9.62 Å². The Morgan fingerprint density at radius 1 is 0.938 bits per heavy atom. The van der Waals surface area contributed by atoms with Crippen LogP contribution in [-0.4, -0.2) is 32.9 Å². The van der Waals surface area contributed by atoms with Crippen LogP contribution >= 0.6 is 23.4 Å². The zero-order valence-electron chi connectivity index (χ0n) is 17.7. The molecule has 168 valence electrons. The molecule has 0 radical (unpaired) electrons. The molecule has 0 aliphatic carbocycles. The Labute approximate surface area is 198 Å². The van der Waals surface area contributed by atoms with E-state index >= 15 is 0 Å². The molecule has 5 nitrogen and oxygen atoms in total. The van der Waals surface area contributed by atoms with Gasteiger partial charge in [0.15, 0.2) is 0 Å². The second-order valence-corrected chi connectivity index (χ2v) is 10.7. The lowest BCUT2D eigenvalue weighted by Crippen LogP contribution is -2.29. The highest BCUT2D eigenvalue weighted by Gasteiger charge is 2.18. The van der Waals surface area contributed by atoms with Crippen molar-refractivity contribution in [2.45, 2.75) is 12.3 Å². The summed E-state index contributed by atoms with van der Waals surface area (Å²) in [5.74, 6) is 1.45. The van der Waals surface area contributed by atoms with Crippen LogP contribution in [0, 0.1) is 0 Å². The molecule has 32 heavy (non-hydrogen) atoms. The predicted molar refractivity (Wildman–Crippen MR) is 134 cm³/mol. The van der Waals surface area contributed by atoms with E-state index in [1.165, 1.54) is 16.1 Å². The van der Waals surface area contributed by atoms with E-state index in [4.69, 9.17) is 11.6 Å². The van der Waals surface area contributed by atoms with E-state index in [1.807, 2.05) is 54.6 Å². The van der Waals surface area contributed by atoms with Crippen LogP contribution in [0.3, 0.4) is 0 Å². The number of nitrogens with one attached hydrogen (secondary N) is 1. The van der Waals surface area contributed by atoms with E-state index in [0.717, 1.165) is 22.1 Å². The van der Waals surface area contributed by atoms with E-state index in [-0.39, 0.29) is 12.5 Å². The Morgan fingerprint density at radius 2 is 1.59 bits per heavy atom. The van der Waals surface area contributed by atoms with Gasteiger partial charge in [0, 0.05) is 28.6 Å². The fraction of sp³-hybridized carbons (Fsp3) is 0.208. The first-order chi connectivity index (χ1) is 15.3. The molecule has 0 spiro atoms. The minimum atomic E-state index is -3.47. The summed E-state index contributed by atoms with van der Waals surface area (Å²) in [4.78, 5) is 12.4. The number of anilines is 1. The van der Waals surface area contributed by atoms with Crippen LogP contribution in [0.25, 0.3) is 0 Å². The van der Waals surface area contributed by atoms with Crippen molar-refractivity contribution in [1.82, 2.24) is 5.32 Å². The molecule has 0 aliphatic rings. The molecule has 3 rings (SSSR count). The van der Waals surface area contributed by atoms with Crippen molar-refractivity contribution < 1.29 is 13.2 Å². The summed E-state index contributed by atoms with van der Waals surface area (Å²) >= 11 is 7.62. The molecule has 1 amide bonds. The Balaban J connectivity index is 1.52. The number of amides is 1. The number of halogens is 1. The first kappa shape index (κ1) is 24.2. The number of nitrogens with zero attached hydrogens (tertiary/aromatic N) is 1. The van der Waals surface area contributed by atoms with Gasteiger partial charge in [-0.1, -0.05) is 54.1 Å². The summed E-state index contributed by atoms with van der Waals surface area (Å²) in [5.41, 5.74) is 3.08. The topological polar surface area (TPSA) is 66.5 Å². The van der Waals surface area contributed by atoms with Gasteiger partial charge in [-0.25, -0.2) is 8.42 Å². The van der Waals surface area contributed by atoms with Crippen molar-refractivity contribution in [1.29, 1.82) is 0 Å². The van der Waals surface area contributed by atoms with Gasteiger partial charge in [-0.3, -0.25) is 9.10 Å². The number of carbonyl (C=O) groups is 1. The third kappa shape index (κ3) is 7.29. The highest BCUT2D eigenvalue weighted by molar-refractivity contribution is 7.98. The first-order valence-electron chi connectivity index (χ1n) is 10.0. The molecule has 0 bridgehead atoms. The van der Waals surface area contributed by atoms with E-state index in [9.17, 15) is 13.2 Å². The van der Waals surface area contributed by atoms with Crippen LogP contribution in [0.5, 0.6) is 0 Å². The number of benzene rings is 3. The summed E-state index contributed by atoms with van der Waals surface area (Å²) < 4.78 is 26.0. The zero-order chi connectivity index (χ0) is 23.0. The normalized spacial score (nSPS) is 11.2. The second-order valence-electron chi connectivity index (χ2n) is 7.24. The minimum absolute atomic E-state index is 0.183. The van der Waals surface area contributed by atoms with Crippen molar-refractivity contribution in [2.75, 3.05) is 22.9 Å². The molecular weight excluding hydrogens is 464 g/mol. The summed E-state index contributed by atoms with van der Waals surface area (Å²) in [7, 11) is -3.47. The summed E-state index contributed by atoms with van der Waals surface area (Å²) in [6.45, 7) is 0.776. The van der Waals surface area contributed by atoms with Crippen LogP contribution in [0.2, 0.25) is 5.02 Å². The van der Waals surface area contributed by atoms with Gasteiger partial charge in [-0.05, 0) is 47.5 Å². The summed E-state index contributed by atoms with van der Waals surface area (Å²) in [5, 5.41) is 3.62. The number of hydrogen-bond acceptors (Lipinski definition) is 4. The standard InChI is InChI=1S/C24H25ClN2O3S2/c1-32(29,30)27(17-19-5-3-2-4-6-19)23-13-9-21(10-14-23)24(28)26-15-16-31-18-20-7-11-22(25)12-8-20/h2-14H,15-18H2,1H3,(H,26,28). The predicted octanol–water partition coefficient (Wildman–Crippen LogP) is 4.97. The largest absolute Gasteiger partial charge is 0.351 e. The Kier molecular flexibility index (Phi) is 8.61. The molecular formula is C24H25ClN2O3S2. The molecule has 0 atom stereocenters. The van der Waals surface area contributed by atoms with E-state index in [0.29, 0.717) is 17.8 Å². The fourth-order valence-electron chi connectivity index (χ4n) is 3.04. The molecule has 0 aromatic heterocycles. The number of hydrogen-bond donors (Lipinski definition) is 1. The van der Waals surface area contributed by atoms with Gasteiger partial charge in [0.25, 0.3) is 5.91 Å².